The van der Waals surface area contributed by atoms with Gasteiger partial charge in [0.1, 0.15) is 6.54 Å². The van der Waals surface area contributed by atoms with Crippen molar-refractivity contribution in [3.8, 4) is 0 Å². The van der Waals surface area contributed by atoms with Crippen LogP contribution in [0.2, 0.25) is 0 Å². The third kappa shape index (κ3) is 6.19. The van der Waals surface area contributed by atoms with Crippen LogP contribution in [0.3, 0.4) is 0 Å². The summed E-state index contributed by atoms with van der Waals surface area (Å²) in [6.45, 7) is 2.47. The van der Waals surface area contributed by atoms with E-state index in [2.05, 4.69) is 7.05 Å². The van der Waals surface area contributed by atoms with Gasteiger partial charge in [0.15, 0.2) is 9.84 Å². The topological polar surface area (TPSA) is 34.1 Å². The van der Waals surface area contributed by atoms with Gasteiger partial charge in [-0.1, -0.05) is 12.1 Å². The van der Waals surface area contributed by atoms with Crippen LogP contribution in [0.25, 0.3) is 0 Å². The van der Waals surface area contributed by atoms with Crippen molar-refractivity contribution in [3.05, 3.63) is 29.8 Å². The highest BCUT2D eigenvalue weighted by Crippen LogP contribution is 2.16. The average Bonchev–Trinajstić information content (AvgIpc) is 2.28. The summed E-state index contributed by atoms with van der Waals surface area (Å²) in [5.41, 5.74) is 1.09. The van der Waals surface area contributed by atoms with Gasteiger partial charge in [0, 0.05) is 11.8 Å². The predicted octanol–water partition coefficient (Wildman–Crippen LogP) is -0.482. The molecule has 0 saturated heterocycles. The van der Waals surface area contributed by atoms with Crippen LogP contribution in [0.4, 0.5) is 0 Å². The maximum atomic E-state index is 11.4. The van der Waals surface area contributed by atoms with Crippen LogP contribution in [0.5, 0.6) is 0 Å². The quantitative estimate of drug-likeness (QED) is 0.486. The molecule has 0 amide bonds. The fourth-order valence-electron chi connectivity index (χ4n) is 1.96. The van der Waals surface area contributed by atoms with Crippen molar-refractivity contribution in [1.82, 2.24) is 0 Å². The largest absolute Gasteiger partial charge is 1.00 e. The first kappa shape index (κ1) is 20.0. The van der Waals surface area contributed by atoms with E-state index in [1.165, 1.54) is 6.26 Å². The van der Waals surface area contributed by atoms with Crippen LogP contribution in [0.15, 0.2) is 29.2 Å². The van der Waals surface area contributed by atoms with Gasteiger partial charge in [0.05, 0.1) is 36.8 Å². The molecule has 0 saturated carbocycles. The number of hydrogen-bond donors (Lipinski definition) is 0. The van der Waals surface area contributed by atoms with Crippen molar-refractivity contribution in [1.29, 1.82) is 0 Å². The number of halogens is 3. The van der Waals surface area contributed by atoms with Crippen molar-refractivity contribution in [2.75, 3.05) is 38.2 Å². The fourth-order valence-corrected chi connectivity index (χ4v) is 3.41. The van der Waals surface area contributed by atoms with Crippen molar-refractivity contribution < 1.29 is 25.3 Å². The lowest BCUT2D eigenvalue weighted by Gasteiger charge is -2.33. The molecule has 0 heterocycles. The molecular weight excluding hydrogens is 341 g/mol. The Labute approximate surface area is 137 Å². The fraction of sp³-hybridized carbons (Fsp3) is 0.538. The highest BCUT2D eigenvalue weighted by Gasteiger charge is 2.21. The molecule has 116 valence electrons. The zero-order chi connectivity index (χ0) is 14.5. The normalized spacial score (nSPS) is 12.0. The van der Waals surface area contributed by atoms with Gasteiger partial charge < -0.3 is 16.9 Å². The number of alkyl halides is 2. The molecule has 0 bridgehead atoms. The monoisotopic (exact) mass is 359 g/mol. The summed E-state index contributed by atoms with van der Waals surface area (Å²) < 4.78 is 23.5. The highest BCUT2D eigenvalue weighted by molar-refractivity contribution is 7.90. The maximum absolute atomic E-state index is 11.4. The number of hydrogen-bond acceptors (Lipinski definition) is 2. The molecule has 1 aromatic rings. The minimum atomic E-state index is -3.13. The number of benzene rings is 1. The summed E-state index contributed by atoms with van der Waals surface area (Å²) >= 11 is 11.7. The van der Waals surface area contributed by atoms with E-state index in [4.69, 9.17) is 23.2 Å². The van der Waals surface area contributed by atoms with Gasteiger partial charge in [-0.25, -0.2) is 8.42 Å². The van der Waals surface area contributed by atoms with Gasteiger partial charge in [-0.3, -0.25) is 0 Å². The lowest BCUT2D eigenvalue weighted by molar-refractivity contribution is -0.918. The molecule has 20 heavy (non-hydrogen) atoms. The van der Waals surface area contributed by atoms with Crippen molar-refractivity contribution in [2.45, 2.75) is 11.4 Å². The van der Waals surface area contributed by atoms with E-state index in [0.29, 0.717) is 16.7 Å². The van der Waals surface area contributed by atoms with E-state index in [1.54, 1.807) is 12.1 Å². The standard InChI is InChI=1S/C13H20Cl2NO2S.ClH/c1-16(9-7-14,10-8-15)11-12-3-5-13(6-4-12)19(2,17)18;/h3-6H,7-11H2,1-2H3;1H/q+1;/p-1. The molecule has 1 rings (SSSR count). The summed E-state index contributed by atoms with van der Waals surface area (Å²) in [6, 6.07) is 7.01. The molecule has 0 N–H and O–H groups in total. The molecule has 0 radical (unpaired) electrons. The van der Waals surface area contributed by atoms with E-state index in [9.17, 15) is 8.42 Å². The van der Waals surface area contributed by atoms with Gasteiger partial charge >= 0.3 is 0 Å². The van der Waals surface area contributed by atoms with E-state index < -0.39 is 9.84 Å². The molecule has 3 nitrogen and oxygen atoms in total. The Morgan fingerprint density at radius 2 is 1.50 bits per heavy atom. The molecule has 0 spiro atoms. The van der Waals surface area contributed by atoms with Crippen LogP contribution in [0, 0.1) is 0 Å². The summed E-state index contributed by atoms with van der Waals surface area (Å²) in [5.74, 6) is 1.16. The second-order valence-electron chi connectivity index (χ2n) is 5.02. The Kier molecular flexibility index (Phi) is 8.44. The Balaban J connectivity index is 0.00000361. The molecule has 0 aliphatic heterocycles. The zero-order valence-corrected chi connectivity index (χ0v) is 14.7. The van der Waals surface area contributed by atoms with E-state index in [1.807, 2.05) is 12.1 Å². The van der Waals surface area contributed by atoms with E-state index in [-0.39, 0.29) is 12.4 Å². The van der Waals surface area contributed by atoms with Crippen molar-refractivity contribution >= 4 is 33.0 Å². The lowest BCUT2D eigenvalue weighted by atomic mass is 10.2. The van der Waals surface area contributed by atoms with Gasteiger partial charge in [-0.15, -0.1) is 23.2 Å². The SMILES string of the molecule is C[N+](CCCl)(CCCl)Cc1ccc(S(C)(=O)=O)cc1.[Cl-]. The molecule has 0 fully saturated rings. The van der Waals surface area contributed by atoms with Crippen LogP contribution >= 0.6 is 23.2 Å². The third-order valence-corrected chi connectivity index (χ3v) is 4.63. The number of sulfone groups is 1. The van der Waals surface area contributed by atoms with E-state index in [0.717, 1.165) is 29.7 Å². The molecule has 7 heteroatoms. The van der Waals surface area contributed by atoms with Gasteiger partial charge in [0.2, 0.25) is 0 Å². The van der Waals surface area contributed by atoms with Gasteiger partial charge in [-0.2, -0.15) is 0 Å². The average molecular weight is 361 g/mol. The second-order valence-corrected chi connectivity index (χ2v) is 7.79. The summed E-state index contributed by atoms with van der Waals surface area (Å²) in [5, 5.41) is 0. The van der Waals surface area contributed by atoms with Crippen molar-refractivity contribution in [2.24, 2.45) is 0 Å². The molecule has 1 aromatic carbocycles. The van der Waals surface area contributed by atoms with Crippen LogP contribution in [-0.2, 0) is 16.4 Å². The molecule has 0 unspecified atom stereocenters. The Morgan fingerprint density at radius 3 is 1.85 bits per heavy atom. The number of nitrogens with zero attached hydrogens (tertiary/aromatic N) is 1. The zero-order valence-electron chi connectivity index (χ0n) is 11.7. The van der Waals surface area contributed by atoms with Crippen molar-refractivity contribution in [3.63, 3.8) is 0 Å². The number of rotatable bonds is 7. The predicted molar refractivity (Wildman–Crippen MR) is 80.6 cm³/mol. The second kappa shape index (κ2) is 8.44. The van der Waals surface area contributed by atoms with Crippen LogP contribution in [-0.4, -0.2) is 51.1 Å². The lowest BCUT2D eigenvalue weighted by Crippen LogP contribution is -3.00. The number of quaternary nitrogens is 1. The first-order chi connectivity index (χ1) is 8.80. The Morgan fingerprint density at radius 1 is 1.05 bits per heavy atom. The summed E-state index contributed by atoms with van der Waals surface area (Å²) in [6.07, 6.45) is 1.21. The molecule has 0 aliphatic carbocycles. The highest BCUT2D eigenvalue weighted by atomic mass is 35.5. The minimum absolute atomic E-state index is 0. The van der Waals surface area contributed by atoms with Crippen LogP contribution < -0.4 is 12.4 Å². The summed E-state index contributed by atoms with van der Waals surface area (Å²) in [7, 11) is -1.02. The molecular formula is C13H20Cl3NO2S. The minimum Gasteiger partial charge on any atom is -1.00 e. The first-order valence-corrected chi connectivity index (χ1v) is 9.01. The molecule has 0 aliphatic rings. The first-order valence-electron chi connectivity index (χ1n) is 6.05. The van der Waals surface area contributed by atoms with Crippen LogP contribution in [0.1, 0.15) is 5.56 Å². The Bertz CT molecular complexity index is 497. The van der Waals surface area contributed by atoms with E-state index >= 15 is 0 Å². The molecule has 0 aromatic heterocycles. The smallest absolute Gasteiger partial charge is 0.175 e. The molecule has 0 atom stereocenters. The Hall–Kier alpha value is -0.000000000000000167. The third-order valence-electron chi connectivity index (χ3n) is 3.16. The van der Waals surface area contributed by atoms with Gasteiger partial charge in [-0.05, 0) is 12.1 Å². The summed E-state index contributed by atoms with van der Waals surface area (Å²) in [4.78, 5) is 0.347. The maximum Gasteiger partial charge on any atom is 0.175 e. The van der Waals surface area contributed by atoms with Gasteiger partial charge in [0.25, 0.3) is 0 Å².